The van der Waals surface area contributed by atoms with E-state index in [9.17, 15) is 18.0 Å². The highest BCUT2D eigenvalue weighted by Gasteiger charge is 2.27. The molecule has 1 heterocycles. The van der Waals surface area contributed by atoms with Gasteiger partial charge in [-0.05, 0) is 48.1 Å². The number of hydrogen-bond acceptors (Lipinski definition) is 7. The molecular weight excluding hydrogens is 536 g/mol. The first-order valence-electron chi connectivity index (χ1n) is 12.4. The maximum absolute atomic E-state index is 13.6. The van der Waals surface area contributed by atoms with Crippen LogP contribution in [0, 0.1) is 0 Å². The molecule has 9 nitrogen and oxygen atoms in total. The van der Waals surface area contributed by atoms with E-state index in [0.717, 1.165) is 40.2 Å². The molecule has 2 amide bonds. The summed E-state index contributed by atoms with van der Waals surface area (Å²) < 4.78 is 29.1. The maximum atomic E-state index is 13.6. The first-order valence-corrected chi connectivity index (χ1v) is 14.5. The van der Waals surface area contributed by atoms with Crippen LogP contribution in [0.1, 0.15) is 40.7 Å². The van der Waals surface area contributed by atoms with Gasteiger partial charge in [-0.2, -0.15) is 0 Å². The Morgan fingerprint density at radius 3 is 2.44 bits per heavy atom. The van der Waals surface area contributed by atoms with Crippen LogP contribution >= 0.6 is 11.3 Å². The SMILES string of the molecule is COC(=O)N[C@@H](Cc1ccccc1)C(=O)N[C@@H](Cc1ccc(N[SH](=O)=O)cc1)c1nc(C2=CC=CCC2)cs1. The molecule has 0 fully saturated rings. The molecule has 0 spiro atoms. The van der Waals surface area contributed by atoms with Crippen molar-refractivity contribution in [1.29, 1.82) is 0 Å². The Morgan fingerprint density at radius 1 is 1.03 bits per heavy atom. The largest absolute Gasteiger partial charge is 0.453 e. The van der Waals surface area contributed by atoms with Crippen molar-refractivity contribution in [1.82, 2.24) is 15.6 Å². The number of rotatable bonds is 11. The van der Waals surface area contributed by atoms with Crippen LogP contribution in [0.3, 0.4) is 0 Å². The predicted octanol–water partition coefficient (Wildman–Crippen LogP) is 4.18. The van der Waals surface area contributed by atoms with E-state index in [-0.39, 0.29) is 12.3 Å². The molecule has 1 aliphatic rings. The van der Waals surface area contributed by atoms with Crippen LogP contribution in [0.15, 0.2) is 78.2 Å². The fraction of sp³-hybridized carbons (Fsp3) is 0.250. The molecule has 0 bridgehead atoms. The Labute approximate surface area is 233 Å². The van der Waals surface area contributed by atoms with Gasteiger partial charge in [-0.15, -0.1) is 11.3 Å². The summed E-state index contributed by atoms with van der Waals surface area (Å²) in [5.41, 5.74) is 4.24. The van der Waals surface area contributed by atoms with E-state index in [2.05, 4.69) is 27.5 Å². The van der Waals surface area contributed by atoms with Gasteiger partial charge in [-0.1, -0.05) is 60.7 Å². The maximum Gasteiger partial charge on any atom is 0.407 e. The van der Waals surface area contributed by atoms with Crippen molar-refractivity contribution < 1.29 is 22.7 Å². The van der Waals surface area contributed by atoms with Crippen molar-refractivity contribution >= 4 is 45.5 Å². The number of carbonyl (C=O) groups excluding carboxylic acids is 2. The zero-order valence-corrected chi connectivity index (χ0v) is 23.0. The van der Waals surface area contributed by atoms with Gasteiger partial charge in [0.25, 0.3) is 0 Å². The fourth-order valence-electron chi connectivity index (χ4n) is 4.20. The minimum absolute atomic E-state index is 0.282. The number of thiol groups is 1. The average molecular weight is 567 g/mol. The number of ether oxygens (including phenoxy) is 1. The molecule has 1 aliphatic carbocycles. The number of nitrogens with one attached hydrogen (secondary N) is 3. The molecule has 0 saturated carbocycles. The molecule has 0 saturated heterocycles. The molecule has 2 aromatic carbocycles. The lowest BCUT2D eigenvalue weighted by atomic mass is 10.0. The third-order valence-electron chi connectivity index (χ3n) is 6.17. The van der Waals surface area contributed by atoms with Gasteiger partial charge in [-0.3, -0.25) is 9.52 Å². The molecular formula is C28H30N4O5S2. The van der Waals surface area contributed by atoms with Crippen molar-refractivity contribution in [3.05, 3.63) is 100 Å². The average Bonchev–Trinajstić information content (AvgIpc) is 3.44. The van der Waals surface area contributed by atoms with Crippen LogP contribution < -0.4 is 15.4 Å². The third kappa shape index (κ3) is 8.26. The quantitative estimate of drug-likeness (QED) is 0.258. The van der Waals surface area contributed by atoms with Gasteiger partial charge >= 0.3 is 6.09 Å². The molecule has 1 aromatic heterocycles. The number of amides is 2. The number of allylic oxidation sites excluding steroid dienone is 4. The van der Waals surface area contributed by atoms with Crippen LogP contribution in [0.5, 0.6) is 0 Å². The zero-order chi connectivity index (χ0) is 27.6. The van der Waals surface area contributed by atoms with Gasteiger partial charge in [-0.25, -0.2) is 18.2 Å². The van der Waals surface area contributed by atoms with Gasteiger partial charge in [0.2, 0.25) is 16.8 Å². The van der Waals surface area contributed by atoms with Crippen LogP contribution in [-0.2, 0) is 33.3 Å². The minimum Gasteiger partial charge on any atom is -0.453 e. The van der Waals surface area contributed by atoms with E-state index in [4.69, 9.17) is 9.72 Å². The lowest BCUT2D eigenvalue weighted by molar-refractivity contribution is -0.123. The Kier molecular flexibility index (Phi) is 9.87. The lowest BCUT2D eigenvalue weighted by Crippen LogP contribution is -2.49. The van der Waals surface area contributed by atoms with Gasteiger partial charge in [0.05, 0.1) is 18.8 Å². The number of anilines is 1. The van der Waals surface area contributed by atoms with Gasteiger partial charge in [0.15, 0.2) is 0 Å². The number of thiazole rings is 1. The second kappa shape index (κ2) is 13.7. The standard InChI is InChI=1S/C28H30N4O5S2/c1-37-28(34)31-23(16-19-8-4-2-5-9-19)26(33)29-24(17-20-12-14-22(15-13-20)32-39(35)36)27-30-25(18-38-27)21-10-6-3-7-11-21/h2-6,8-10,12-15,18,23-24,39H,7,11,16-17H2,1H3,(H,29,33)(H,31,34)(H,32,35,36)/t23-,24-/m0/s1. The topological polar surface area (TPSA) is 126 Å². The molecule has 2 atom stereocenters. The summed E-state index contributed by atoms with van der Waals surface area (Å²) in [4.78, 5) is 30.5. The van der Waals surface area contributed by atoms with E-state index in [1.165, 1.54) is 18.4 Å². The molecule has 11 heteroatoms. The Morgan fingerprint density at radius 2 is 1.77 bits per heavy atom. The molecule has 0 aliphatic heterocycles. The number of hydrogen-bond donors (Lipinski definition) is 4. The molecule has 3 N–H and O–H groups in total. The van der Waals surface area contributed by atoms with Crippen molar-refractivity contribution in [2.24, 2.45) is 0 Å². The van der Waals surface area contributed by atoms with E-state index in [1.807, 2.05) is 41.8 Å². The highest BCUT2D eigenvalue weighted by atomic mass is 32.2. The summed E-state index contributed by atoms with van der Waals surface area (Å²) in [5, 5.41) is 8.46. The number of methoxy groups -OCH3 is 1. The summed E-state index contributed by atoms with van der Waals surface area (Å²) in [5.74, 6) is -0.368. The molecule has 0 radical (unpaired) electrons. The Bertz CT molecular complexity index is 1410. The monoisotopic (exact) mass is 566 g/mol. The Hall–Kier alpha value is -3.96. The number of nitrogens with zero attached hydrogens (tertiary/aromatic N) is 1. The highest BCUT2D eigenvalue weighted by molar-refractivity contribution is 7.73. The minimum atomic E-state index is -2.76. The van der Waals surface area contributed by atoms with Crippen molar-refractivity contribution in [3.8, 4) is 0 Å². The fourth-order valence-corrected chi connectivity index (χ4v) is 5.45. The highest BCUT2D eigenvalue weighted by Crippen LogP contribution is 2.29. The normalized spacial score (nSPS) is 14.3. The molecule has 3 aromatic rings. The summed E-state index contributed by atoms with van der Waals surface area (Å²) in [6, 6.07) is 15.0. The number of alkyl carbamates (subject to hydrolysis) is 1. The van der Waals surface area contributed by atoms with E-state index < -0.39 is 29.1 Å². The van der Waals surface area contributed by atoms with Crippen molar-refractivity contribution in [3.63, 3.8) is 0 Å². The zero-order valence-electron chi connectivity index (χ0n) is 21.3. The van der Waals surface area contributed by atoms with Gasteiger partial charge in [0, 0.05) is 17.5 Å². The second-order valence-electron chi connectivity index (χ2n) is 8.94. The summed E-state index contributed by atoms with van der Waals surface area (Å²) in [6.45, 7) is 0. The van der Waals surface area contributed by atoms with Gasteiger partial charge < -0.3 is 15.4 Å². The van der Waals surface area contributed by atoms with Gasteiger partial charge in [0.1, 0.15) is 11.0 Å². The number of carbonyl (C=O) groups is 2. The first-order chi connectivity index (χ1) is 18.9. The van der Waals surface area contributed by atoms with E-state index >= 15 is 0 Å². The van der Waals surface area contributed by atoms with Crippen LogP contribution in [-0.4, -0.2) is 38.6 Å². The van der Waals surface area contributed by atoms with E-state index in [0.29, 0.717) is 12.1 Å². The van der Waals surface area contributed by atoms with E-state index in [1.54, 1.807) is 24.3 Å². The van der Waals surface area contributed by atoms with Crippen molar-refractivity contribution in [2.45, 2.75) is 37.8 Å². The van der Waals surface area contributed by atoms with Crippen LogP contribution in [0.2, 0.25) is 0 Å². The Balaban J connectivity index is 1.59. The smallest absolute Gasteiger partial charge is 0.407 e. The number of benzene rings is 2. The predicted molar refractivity (Wildman–Crippen MR) is 153 cm³/mol. The van der Waals surface area contributed by atoms with Crippen molar-refractivity contribution in [2.75, 3.05) is 11.8 Å². The summed E-state index contributed by atoms with van der Waals surface area (Å²) in [7, 11) is -1.51. The first kappa shape index (κ1) is 28.1. The number of aromatic nitrogens is 1. The van der Waals surface area contributed by atoms with Crippen LogP contribution in [0.25, 0.3) is 5.57 Å². The molecule has 0 unspecified atom stereocenters. The lowest BCUT2D eigenvalue weighted by Gasteiger charge is -2.22. The second-order valence-corrected chi connectivity index (χ2v) is 10.6. The molecule has 204 valence electrons. The molecule has 39 heavy (non-hydrogen) atoms. The van der Waals surface area contributed by atoms with Crippen LogP contribution in [0.4, 0.5) is 10.5 Å². The molecule has 4 rings (SSSR count). The third-order valence-corrected chi connectivity index (χ3v) is 7.57. The summed E-state index contributed by atoms with van der Waals surface area (Å²) >= 11 is 1.46. The summed E-state index contributed by atoms with van der Waals surface area (Å²) in [6.07, 6.45) is 8.04.